The molecule has 0 bridgehead atoms. The summed E-state index contributed by atoms with van der Waals surface area (Å²) < 4.78 is 31.7. The maximum atomic E-state index is 14.6. The van der Waals surface area contributed by atoms with Crippen molar-refractivity contribution >= 4 is 5.69 Å². The van der Waals surface area contributed by atoms with Crippen molar-refractivity contribution in [3.63, 3.8) is 0 Å². The van der Waals surface area contributed by atoms with Gasteiger partial charge >= 0.3 is 5.69 Å². The lowest BCUT2D eigenvalue weighted by atomic mass is 10.1. The molecule has 4 aromatic rings. The first-order valence-corrected chi connectivity index (χ1v) is 13.9. The molecule has 2 heterocycles. The molecule has 0 radical (unpaired) electrons. The minimum Gasteiger partial charge on any atom is -0.363 e. The van der Waals surface area contributed by atoms with E-state index in [1.165, 1.54) is 16.2 Å². The van der Waals surface area contributed by atoms with Gasteiger partial charge in [0.1, 0.15) is 17.3 Å². The predicted molar refractivity (Wildman–Crippen MR) is 157 cm³/mol. The molecular weight excluding hydrogens is 524 g/mol. The molecule has 0 saturated carbocycles. The topological polar surface area (TPSA) is 76.5 Å². The van der Waals surface area contributed by atoms with Gasteiger partial charge in [0, 0.05) is 50.0 Å². The summed E-state index contributed by atoms with van der Waals surface area (Å²) in [5, 5.41) is 0. The number of rotatable bonds is 9. The van der Waals surface area contributed by atoms with Gasteiger partial charge in [-0.25, -0.2) is 13.6 Å². The van der Waals surface area contributed by atoms with E-state index in [9.17, 15) is 18.4 Å². The molecule has 41 heavy (non-hydrogen) atoms. The average molecular weight is 560 g/mol. The van der Waals surface area contributed by atoms with Gasteiger partial charge < -0.3 is 10.6 Å². The predicted octanol–water partition coefficient (Wildman–Crippen LogP) is 3.71. The van der Waals surface area contributed by atoms with Gasteiger partial charge in [-0.1, -0.05) is 66.7 Å². The fourth-order valence-electron chi connectivity index (χ4n) is 5.47. The van der Waals surface area contributed by atoms with Crippen LogP contribution < -0.4 is 21.9 Å². The Morgan fingerprint density at radius 3 is 2.05 bits per heavy atom. The molecule has 0 amide bonds. The van der Waals surface area contributed by atoms with E-state index in [0.29, 0.717) is 24.5 Å². The van der Waals surface area contributed by atoms with Crippen molar-refractivity contribution in [2.75, 3.05) is 37.6 Å². The zero-order valence-electron chi connectivity index (χ0n) is 23.2. The maximum absolute atomic E-state index is 14.6. The molecule has 2 N–H and O–H groups in total. The highest BCUT2D eigenvalue weighted by molar-refractivity contribution is 5.49. The van der Waals surface area contributed by atoms with E-state index in [-0.39, 0.29) is 18.7 Å². The molecule has 0 spiro atoms. The van der Waals surface area contributed by atoms with Crippen molar-refractivity contribution in [1.29, 1.82) is 0 Å². The van der Waals surface area contributed by atoms with Gasteiger partial charge in [-0.3, -0.25) is 18.8 Å². The Bertz CT molecular complexity index is 1580. The Morgan fingerprint density at radius 1 is 0.805 bits per heavy atom. The Morgan fingerprint density at radius 2 is 1.41 bits per heavy atom. The van der Waals surface area contributed by atoms with E-state index in [0.717, 1.165) is 48.3 Å². The molecule has 3 aromatic carbocycles. The summed E-state index contributed by atoms with van der Waals surface area (Å²) in [7, 11) is 0. The largest absolute Gasteiger partial charge is 0.363 e. The van der Waals surface area contributed by atoms with E-state index in [1.54, 1.807) is 6.92 Å². The first kappa shape index (κ1) is 28.4. The quantitative estimate of drug-likeness (QED) is 0.339. The first-order valence-electron chi connectivity index (χ1n) is 13.9. The normalized spacial score (nSPS) is 14.8. The minimum atomic E-state index is -0.747. The van der Waals surface area contributed by atoms with Gasteiger partial charge in [0.15, 0.2) is 0 Å². The fraction of sp³-hybridized carbons (Fsp3) is 0.312. The summed E-state index contributed by atoms with van der Waals surface area (Å²) >= 11 is 0. The molecule has 0 unspecified atom stereocenters. The summed E-state index contributed by atoms with van der Waals surface area (Å²) in [6.45, 7) is 4.83. The van der Waals surface area contributed by atoms with Crippen molar-refractivity contribution in [3.05, 3.63) is 134 Å². The van der Waals surface area contributed by atoms with E-state index in [2.05, 4.69) is 17.0 Å². The maximum Gasteiger partial charge on any atom is 0.331 e. The number of hydrogen-bond donors (Lipinski definition) is 1. The second-order valence-corrected chi connectivity index (χ2v) is 10.5. The number of nitrogens with zero attached hydrogens (tertiary/aromatic N) is 4. The molecule has 9 heteroatoms. The van der Waals surface area contributed by atoms with Gasteiger partial charge in [0.2, 0.25) is 0 Å². The lowest BCUT2D eigenvalue weighted by molar-refractivity contribution is 0.260. The Hall–Kier alpha value is -4.08. The number of anilines is 1. The van der Waals surface area contributed by atoms with Crippen LogP contribution in [0.3, 0.4) is 0 Å². The molecule has 1 saturated heterocycles. The van der Waals surface area contributed by atoms with Crippen LogP contribution in [-0.2, 0) is 19.5 Å². The van der Waals surface area contributed by atoms with Crippen LogP contribution in [0.5, 0.6) is 0 Å². The van der Waals surface area contributed by atoms with Crippen molar-refractivity contribution in [2.24, 2.45) is 5.73 Å². The van der Waals surface area contributed by atoms with E-state index < -0.39 is 28.9 Å². The number of piperazine rings is 1. The van der Waals surface area contributed by atoms with Gasteiger partial charge in [-0.05, 0) is 36.6 Å². The molecule has 1 aliphatic heterocycles. The number of halogens is 2. The van der Waals surface area contributed by atoms with Crippen molar-refractivity contribution in [2.45, 2.75) is 32.5 Å². The van der Waals surface area contributed by atoms with Crippen LogP contribution in [0.4, 0.5) is 14.5 Å². The van der Waals surface area contributed by atoms with Crippen LogP contribution in [0.1, 0.15) is 28.4 Å². The SMILES string of the molecule is Cc1c(N2CCN(CCc3ccccc3)CC2)c(=O)n(C[C@H](N)c2ccccc2)c(=O)n1Cc1c(F)cccc1F. The highest BCUT2D eigenvalue weighted by Gasteiger charge is 2.26. The minimum absolute atomic E-state index is 0.0637. The van der Waals surface area contributed by atoms with Gasteiger partial charge in [-0.15, -0.1) is 0 Å². The van der Waals surface area contributed by atoms with Crippen LogP contribution in [0.15, 0.2) is 88.5 Å². The van der Waals surface area contributed by atoms with Crippen molar-refractivity contribution in [1.82, 2.24) is 14.0 Å². The Labute approximate surface area is 238 Å². The zero-order chi connectivity index (χ0) is 28.9. The highest BCUT2D eigenvalue weighted by atomic mass is 19.1. The molecule has 7 nitrogen and oxygen atoms in total. The van der Waals surface area contributed by atoms with E-state index in [4.69, 9.17) is 5.73 Å². The summed E-state index contributed by atoms with van der Waals surface area (Å²) in [4.78, 5) is 31.9. The molecule has 214 valence electrons. The van der Waals surface area contributed by atoms with Crippen LogP contribution in [-0.4, -0.2) is 46.8 Å². The fourth-order valence-corrected chi connectivity index (χ4v) is 5.47. The third-order valence-electron chi connectivity index (χ3n) is 7.89. The monoisotopic (exact) mass is 559 g/mol. The highest BCUT2D eigenvalue weighted by Crippen LogP contribution is 2.20. The van der Waals surface area contributed by atoms with Gasteiger partial charge in [0.25, 0.3) is 5.56 Å². The molecule has 5 rings (SSSR count). The lowest BCUT2D eigenvalue weighted by Gasteiger charge is -2.37. The summed E-state index contributed by atoms with van der Waals surface area (Å²) in [6.07, 6.45) is 0.934. The van der Waals surface area contributed by atoms with Crippen LogP contribution in [0.25, 0.3) is 0 Å². The lowest BCUT2D eigenvalue weighted by Crippen LogP contribution is -2.52. The summed E-state index contributed by atoms with van der Waals surface area (Å²) in [5.74, 6) is -1.49. The Kier molecular flexibility index (Phi) is 8.75. The van der Waals surface area contributed by atoms with E-state index in [1.807, 2.05) is 53.4 Å². The number of nitrogens with two attached hydrogens (primary N) is 1. The van der Waals surface area contributed by atoms with Crippen LogP contribution in [0.2, 0.25) is 0 Å². The Balaban J connectivity index is 1.46. The smallest absolute Gasteiger partial charge is 0.331 e. The third-order valence-corrected chi connectivity index (χ3v) is 7.89. The third kappa shape index (κ3) is 6.31. The standard InChI is InChI=1S/C32H35F2N5O2/c1-23-30(37-19-17-36(18-20-37)16-15-24-9-4-2-5-10-24)31(40)39(22-29(35)25-11-6-3-7-12-25)32(41)38(23)21-26-27(33)13-8-14-28(26)34/h2-14,29H,15-22,35H2,1H3/t29-/m0/s1. The molecule has 0 aliphatic carbocycles. The van der Waals surface area contributed by atoms with Crippen molar-refractivity contribution < 1.29 is 8.78 Å². The first-order chi connectivity index (χ1) is 19.8. The second-order valence-electron chi connectivity index (χ2n) is 10.5. The molecule has 1 aliphatic rings. The molecule has 1 atom stereocenters. The summed E-state index contributed by atoms with van der Waals surface area (Å²) in [6, 6.07) is 22.5. The molecular formula is C32H35F2N5O2. The number of benzene rings is 3. The van der Waals surface area contributed by atoms with Crippen LogP contribution >= 0.6 is 0 Å². The van der Waals surface area contributed by atoms with E-state index >= 15 is 0 Å². The number of aromatic nitrogens is 2. The molecule has 1 aromatic heterocycles. The van der Waals surface area contributed by atoms with Crippen molar-refractivity contribution in [3.8, 4) is 0 Å². The molecule has 1 fully saturated rings. The summed E-state index contributed by atoms with van der Waals surface area (Å²) in [5.41, 5.74) is 7.91. The number of hydrogen-bond acceptors (Lipinski definition) is 5. The van der Waals surface area contributed by atoms with Crippen LogP contribution in [0, 0.1) is 18.6 Å². The second kappa shape index (κ2) is 12.6. The average Bonchev–Trinajstić information content (AvgIpc) is 2.99. The zero-order valence-corrected chi connectivity index (χ0v) is 23.2. The van der Waals surface area contributed by atoms with Gasteiger partial charge in [0.05, 0.1) is 13.1 Å². The van der Waals surface area contributed by atoms with Gasteiger partial charge in [-0.2, -0.15) is 0 Å².